The Morgan fingerprint density at radius 3 is 2.35 bits per heavy atom. The van der Waals surface area contributed by atoms with E-state index in [1.54, 1.807) is 6.92 Å². The highest BCUT2D eigenvalue weighted by Crippen LogP contribution is 1.91. The average Bonchev–Trinajstić information content (AvgIpc) is 2.24. The third-order valence-corrected chi connectivity index (χ3v) is 1.91. The van der Waals surface area contributed by atoms with E-state index < -0.39 is 0 Å². The fraction of sp³-hybridized carbons (Fsp3) is 0.727. The predicted octanol–water partition coefficient (Wildman–Crippen LogP) is -0.0279. The Morgan fingerprint density at radius 2 is 1.76 bits per heavy atom. The van der Waals surface area contributed by atoms with Crippen molar-refractivity contribution in [3.8, 4) is 0 Å². The van der Waals surface area contributed by atoms with Crippen LogP contribution in [-0.4, -0.2) is 37.5 Å². The minimum absolute atomic E-state index is 0.136. The van der Waals surface area contributed by atoms with Gasteiger partial charge >= 0.3 is 5.97 Å². The number of rotatable bonds is 8. The number of hydrogen-bond acceptors (Lipinski definition) is 4. The molecule has 0 aliphatic carbocycles. The number of carbonyl (C=O) groups excluding carboxylic acids is 3. The van der Waals surface area contributed by atoms with Crippen molar-refractivity contribution in [3.63, 3.8) is 0 Å². The summed E-state index contributed by atoms with van der Waals surface area (Å²) >= 11 is 0. The first-order valence-corrected chi connectivity index (χ1v) is 5.73. The summed E-state index contributed by atoms with van der Waals surface area (Å²) in [6, 6.07) is 0. The number of amides is 2. The average molecular weight is 244 g/mol. The molecule has 0 spiro atoms. The first kappa shape index (κ1) is 15.4. The van der Waals surface area contributed by atoms with E-state index in [9.17, 15) is 14.4 Å². The summed E-state index contributed by atoms with van der Waals surface area (Å²) in [5.41, 5.74) is 0. The third kappa shape index (κ3) is 10.7. The van der Waals surface area contributed by atoms with Crippen LogP contribution in [0.3, 0.4) is 0 Å². The fourth-order valence-corrected chi connectivity index (χ4v) is 1.13. The third-order valence-electron chi connectivity index (χ3n) is 1.91. The van der Waals surface area contributed by atoms with E-state index in [1.807, 2.05) is 0 Å². The Kier molecular flexibility index (Phi) is 8.72. The fourth-order valence-electron chi connectivity index (χ4n) is 1.13. The van der Waals surface area contributed by atoms with Crippen LogP contribution in [0.5, 0.6) is 0 Å². The lowest BCUT2D eigenvalue weighted by Gasteiger charge is -2.05. The van der Waals surface area contributed by atoms with Gasteiger partial charge in [0.2, 0.25) is 11.8 Å². The largest absolute Gasteiger partial charge is 0.466 e. The zero-order valence-corrected chi connectivity index (χ0v) is 10.4. The van der Waals surface area contributed by atoms with Gasteiger partial charge in [0.15, 0.2) is 0 Å². The summed E-state index contributed by atoms with van der Waals surface area (Å²) in [5, 5.41) is 5.18. The Labute approximate surface area is 101 Å². The van der Waals surface area contributed by atoms with Crippen molar-refractivity contribution < 1.29 is 19.1 Å². The van der Waals surface area contributed by atoms with Crippen LogP contribution in [0.1, 0.15) is 33.1 Å². The van der Waals surface area contributed by atoms with Crippen molar-refractivity contribution in [2.75, 3.05) is 19.7 Å². The van der Waals surface area contributed by atoms with E-state index in [0.29, 0.717) is 32.5 Å². The molecule has 0 radical (unpaired) electrons. The molecule has 0 aromatic heterocycles. The molecule has 2 N–H and O–H groups in total. The summed E-state index contributed by atoms with van der Waals surface area (Å²) in [6.07, 6.45) is 1.11. The Bertz CT molecular complexity index is 266. The molecule has 17 heavy (non-hydrogen) atoms. The van der Waals surface area contributed by atoms with Gasteiger partial charge in [-0.1, -0.05) is 0 Å². The predicted molar refractivity (Wildman–Crippen MR) is 62.2 cm³/mol. The first-order valence-electron chi connectivity index (χ1n) is 5.73. The van der Waals surface area contributed by atoms with Crippen LogP contribution in [0, 0.1) is 0 Å². The first-order chi connectivity index (χ1) is 8.06. The number of ether oxygens (including phenoxy) is 1. The van der Waals surface area contributed by atoms with Crippen molar-refractivity contribution in [1.82, 2.24) is 10.6 Å². The summed E-state index contributed by atoms with van der Waals surface area (Å²) in [5.74, 6) is -0.539. The van der Waals surface area contributed by atoms with Crippen molar-refractivity contribution >= 4 is 17.8 Å². The normalized spacial score (nSPS) is 9.53. The minimum Gasteiger partial charge on any atom is -0.466 e. The number of esters is 1. The van der Waals surface area contributed by atoms with Crippen LogP contribution in [0.4, 0.5) is 0 Å². The maximum Gasteiger partial charge on any atom is 0.305 e. The molecule has 6 heteroatoms. The van der Waals surface area contributed by atoms with E-state index in [1.165, 1.54) is 6.92 Å². The van der Waals surface area contributed by atoms with Gasteiger partial charge in [0.1, 0.15) is 0 Å². The molecule has 0 aliphatic rings. The second kappa shape index (κ2) is 9.62. The van der Waals surface area contributed by atoms with Crippen molar-refractivity contribution in [3.05, 3.63) is 0 Å². The van der Waals surface area contributed by atoms with Crippen LogP contribution >= 0.6 is 0 Å². The van der Waals surface area contributed by atoms with Crippen molar-refractivity contribution in [2.24, 2.45) is 0 Å². The number of carbonyl (C=O) groups is 3. The molecule has 0 aliphatic heterocycles. The molecule has 0 fully saturated rings. The van der Waals surface area contributed by atoms with Gasteiger partial charge in [-0.05, 0) is 13.3 Å². The van der Waals surface area contributed by atoms with Gasteiger partial charge in [0.05, 0.1) is 6.61 Å². The SMILES string of the molecule is CCOC(=O)CCCNC(=O)CCNC(C)=O. The zero-order chi connectivity index (χ0) is 13.1. The summed E-state index contributed by atoms with van der Waals surface area (Å²) < 4.78 is 4.74. The van der Waals surface area contributed by atoms with Gasteiger partial charge < -0.3 is 15.4 Å². The molecular formula is C11H20N2O4. The van der Waals surface area contributed by atoms with E-state index in [2.05, 4.69) is 10.6 Å². The number of nitrogens with one attached hydrogen (secondary N) is 2. The quantitative estimate of drug-likeness (QED) is 0.464. The zero-order valence-electron chi connectivity index (χ0n) is 10.4. The monoisotopic (exact) mass is 244 g/mol. The highest BCUT2D eigenvalue weighted by molar-refractivity contribution is 5.77. The van der Waals surface area contributed by atoms with Gasteiger partial charge in [-0.25, -0.2) is 0 Å². The molecular weight excluding hydrogens is 224 g/mol. The second-order valence-electron chi connectivity index (χ2n) is 3.49. The maximum absolute atomic E-state index is 11.2. The van der Waals surface area contributed by atoms with E-state index in [0.717, 1.165) is 0 Å². The molecule has 0 rings (SSSR count). The van der Waals surface area contributed by atoms with E-state index in [-0.39, 0.29) is 24.2 Å². The highest BCUT2D eigenvalue weighted by Gasteiger charge is 2.03. The molecule has 98 valence electrons. The van der Waals surface area contributed by atoms with Crippen LogP contribution in [0.2, 0.25) is 0 Å². The molecule has 0 atom stereocenters. The smallest absolute Gasteiger partial charge is 0.305 e. The molecule has 0 aromatic carbocycles. The minimum atomic E-state index is -0.250. The standard InChI is InChI=1S/C11H20N2O4/c1-3-17-11(16)5-4-7-13-10(15)6-8-12-9(2)14/h3-8H2,1-2H3,(H,12,14)(H,13,15). The van der Waals surface area contributed by atoms with Crippen molar-refractivity contribution in [1.29, 1.82) is 0 Å². The Hall–Kier alpha value is -1.59. The van der Waals surface area contributed by atoms with Crippen molar-refractivity contribution in [2.45, 2.75) is 33.1 Å². The highest BCUT2D eigenvalue weighted by atomic mass is 16.5. The maximum atomic E-state index is 11.2. The van der Waals surface area contributed by atoms with Gasteiger partial charge in [0.25, 0.3) is 0 Å². The summed E-state index contributed by atoms with van der Waals surface area (Å²) in [7, 11) is 0. The van der Waals surface area contributed by atoms with Gasteiger partial charge in [-0.2, -0.15) is 0 Å². The summed E-state index contributed by atoms with van der Waals surface area (Å²) in [4.78, 5) is 32.7. The lowest BCUT2D eigenvalue weighted by atomic mass is 10.3. The van der Waals surface area contributed by atoms with E-state index >= 15 is 0 Å². The molecule has 0 unspecified atom stereocenters. The summed E-state index contributed by atoms with van der Waals surface area (Å²) in [6.45, 7) is 4.30. The van der Waals surface area contributed by atoms with Crippen LogP contribution in [0.15, 0.2) is 0 Å². The molecule has 0 bridgehead atoms. The van der Waals surface area contributed by atoms with Gasteiger partial charge in [-0.15, -0.1) is 0 Å². The molecule has 0 aromatic rings. The lowest BCUT2D eigenvalue weighted by Crippen LogP contribution is -2.30. The second-order valence-corrected chi connectivity index (χ2v) is 3.49. The number of hydrogen-bond donors (Lipinski definition) is 2. The molecule has 0 saturated heterocycles. The van der Waals surface area contributed by atoms with Crippen LogP contribution in [0.25, 0.3) is 0 Å². The Morgan fingerprint density at radius 1 is 1.06 bits per heavy atom. The van der Waals surface area contributed by atoms with Gasteiger partial charge in [-0.3, -0.25) is 14.4 Å². The van der Waals surface area contributed by atoms with Gasteiger partial charge in [0, 0.05) is 32.9 Å². The topological polar surface area (TPSA) is 84.5 Å². The molecule has 0 heterocycles. The Balaban J connectivity index is 3.39. The van der Waals surface area contributed by atoms with Crippen LogP contribution in [-0.2, 0) is 19.1 Å². The molecule has 0 saturated carbocycles. The van der Waals surface area contributed by atoms with Crippen LogP contribution < -0.4 is 10.6 Å². The van der Waals surface area contributed by atoms with E-state index in [4.69, 9.17) is 4.74 Å². The molecule has 6 nitrogen and oxygen atoms in total. The molecule has 2 amide bonds. The lowest BCUT2D eigenvalue weighted by molar-refractivity contribution is -0.143.